The summed E-state index contributed by atoms with van der Waals surface area (Å²) in [6.45, 7) is 19.7. The quantitative estimate of drug-likeness (QED) is 0.201. The van der Waals surface area contributed by atoms with Crippen molar-refractivity contribution in [2.75, 3.05) is 13.2 Å². The van der Waals surface area contributed by atoms with Gasteiger partial charge in [0.1, 0.15) is 11.4 Å². The molecule has 0 radical (unpaired) electrons. The van der Waals surface area contributed by atoms with Crippen LogP contribution in [0, 0.1) is 11.2 Å². The van der Waals surface area contributed by atoms with E-state index in [1.807, 2.05) is 16.7 Å². The minimum Gasteiger partial charge on any atom is -0.462 e. The molecule has 0 aliphatic rings. The van der Waals surface area contributed by atoms with Crippen LogP contribution < -0.4 is 5.43 Å². The number of ether oxygens (including phenoxy) is 1. The molecule has 3 aromatic rings. The highest BCUT2D eigenvalue weighted by atomic mass is 35.5. The number of nitrogens with zero attached hydrogens (tertiary/aromatic N) is 1. The number of benzene rings is 2. The van der Waals surface area contributed by atoms with Gasteiger partial charge in [0.15, 0.2) is 8.32 Å². The average Bonchev–Trinajstić information content (AvgIpc) is 2.82. The van der Waals surface area contributed by atoms with Gasteiger partial charge >= 0.3 is 5.97 Å². The van der Waals surface area contributed by atoms with Crippen molar-refractivity contribution in [2.45, 2.75) is 79.1 Å². The van der Waals surface area contributed by atoms with Gasteiger partial charge in [-0.05, 0) is 59.8 Å². The lowest BCUT2D eigenvalue weighted by atomic mass is 9.86. The summed E-state index contributed by atoms with van der Waals surface area (Å²) in [4.78, 5) is 26.5. The predicted molar refractivity (Wildman–Crippen MR) is 160 cm³/mol. The molecular formula is C31H41ClFNO4Si. The Kier molecular flexibility index (Phi) is 9.20. The first-order valence-corrected chi connectivity index (χ1v) is 16.7. The van der Waals surface area contributed by atoms with Crippen molar-refractivity contribution in [3.63, 3.8) is 0 Å². The maximum Gasteiger partial charge on any atom is 0.343 e. The Bertz CT molecular complexity index is 1420. The zero-order valence-electron chi connectivity index (χ0n) is 24.6. The largest absolute Gasteiger partial charge is 0.462 e. The van der Waals surface area contributed by atoms with Crippen LogP contribution in [0.25, 0.3) is 10.9 Å². The van der Waals surface area contributed by atoms with Crippen LogP contribution >= 0.6 is 11.6 Å². The van der Waals surface area contributed by atoms with E-state index in [9.17, 15) is 14.0 Å². The smallest absolute Gasteiger partial charge is 0.343 e. The molecule has 0 aliphatic carbocycles. The monoisotopic (exact) mass is 573 g/mol. The zero-order valence-corrected chi connectivity index (χ0v) is 26.3. The molecule has 0 bridgehead atoms. The summed E-state index contributed by atoms with van der Waals surface area (Å²) >= 11 is 5.98. The molecule has 0 saturated heterocycles. The molecule has 0 spiro atoms. The minimum atomic E-state index is -2.08. The maximum atomic E-state index is 14.6. The second-order valence-electron chi connectivity index (χ2n) is 12.7. The molecule has 1 unspecified atom stereocenters. The Balaban J connectivity index is 2.21. The topological polar surface area (TPSA) is 57.5 Å². The molecular weight excluding hydrogens is 533 g/mol. The maximum absolute atomic E-state index is 14.6. The van der Waals surface area contributed by atoms with Gasteiger partial charge in [0.05, 0.1) is 29.8 Å². The van der Waals surface area contributed by atoms with Gasteiger partial charge < -0.3 is 13.7 Å². The molecule has 1 atom stereocenters. The summed E-state index contributed by atoms with van der Waals surface area (Å²) in [5.41, 5.74) is 1.14. The molecule has 2 aromatic carbocycles. The lowest BCUT2D eigenvalue weighted by Gasteiger charge is -2.40. The second-order valence-corrected chi connectivity index (χ2v) is 17.9. The van der Waals surface area contributed by atoms with Gasteiger partial charge in [-0.3, -0.25) is 4.79 Å². The highest BCUT2D eigenvalue weighted by molar-refractivity contribution is 6.74. The zero-order chi connectivity index (χ0) is 29.3. The second kappa shape index (κ2) is 11.6. The molecule has 0 aliphatic heterocycles. The van der Waals surface area contributed by atoms with E-state index in [1.54, 1.807) is 31.3 Å². The van der Waals surface area contributed by atoms with Crippen LogP contribution in [0.3, 0.4) is 0 Å². The SMILES string of the molecule is CCOC(=O)c1cn(C(CO[Si](C)(C)C(C)(C)C)C(C)(C)C)c2ccc(Cc3cccc(Cl)c3F)cc2c1=O. The number of esters is 1. The van der Waals surface area contributed by atoms with Gasteiger partial charge in [-0.2, -0.15) is 0 Å². The predicted octanol–water partition coefficient (Wildman–Crippen LogP) is 8.17. The summed E-state index contributed by atoms with van der Waals surface area (Å²) in [6, 6.07) is 10.2. The molecule has 0 saturated carbocycles. The van der Waals surface area contributed by atoms with Crippen LogP contribution in [-0.4, -0.2) is 32.1 Å². The van der Waals surface area contributed by atoms with Crippen LogP contribution in [0.15, 0.2) is 47.4 Å². The van der Waals surface area contributed by atoms with E-state index in [0.717, 1.165) is 5.56 Å². The molecule has 39 heavy (non-hydrogen) atoms. The number of halogens is 2. The number of hydrogen-bond donors (Lipinski definition) is 0. The van der Waals surface area contributed by atoms with E-state index in [4.69, 9.17) is 20.8 Å². The van der Waals surface area contributed by atoms with Gasteiger partial charge in [-0.25, -0.2) is 9.18 Å². The Morgan fingerprint density at radius 2 is 1.77 bits per heavy atom. The van der Waals surface area contributed by atoms with E-state index in [-0.39, 0.29) is 40.1 Å². The molecule has 8 heteroatoms. The fourth-order valence-corrected chi connectivity index (χ4v) is 5.48. The van der Waals surface area contributed by atoms with Gasteiger partial charge in [-0.15, -0.1) is 0 Å². The number of aromatic nitrogens is 1. The van der Waals surface area contributed by atoms with Crippen molar-refractivity contribution < 1.29 is 18.3 Å². The number of fused-ring (bicyclic) bond motifs is 1. The van der Waals surface area contributed by atoms with Gasteiger partial charge in [-0.1, -0.05) is 71.3 Å². The Labute approximate surface area is 237 Å². The van der Waals surface area contributed by atoms with Crippen LogP contribution in [0.2, 0.25) is 23.2 Å². The third-order valence-electron chi connectivity index (χ3n) is 7.76. The summed E-state index contributed by atoms with van der Waals surface area (Å²) < 4.78 is 28.5. The molecule has 0 N–H and O–H groups in total. The van der Waals surface area contributed by atoms with Crippen molar-refractivity contribution >= 4 is 36.8 Å². The lowest BCUT2D eigenvalue weighted by Crippen LogP contribution is -2.43. The van der Waals surface area contributed by atoms with Crippen LogP contribution in [0.1, 0.15) is 76.0 Å². The first kappa shape index (κ1) is 31.0. The Hall–Kier alpha value is -2.48. The molecule has 1 aromatic heterocycles. The molecule has 212 valence electrons. The van der Waals surface area contributed by atoms with Crippen LogP contribution in [0.5, 0.6) is 0 Å². The Morgan fingerprint density at radius 3 is 2.36 bits per heavy atom. The van der Waals surface area contributed by atoms with Gasteiger partial charge in [0.2, 0.25) is 5.43 Å². The number of carbonyl (C=O) groups is 1. The number of hydrogen-bond acceptors (Lipinski definition) is 4. The third kappa shape index (κ3) is 6.81. The molecule has 0 fully saturated rings. The number of pyridine rings is 1. The molecule has 3 rings (SSSR count). The number of carbonyl (C=O) groups excluding carboxylic acids is 1. The summed E-state index contributed by atoms with van der Waals surface area (Å²) in [5, 5.41) is 0.457. The average molecular weight is 574 g/mol. The fourth-order valence-electron chi connectivity index (χ4n) is 4.28. The van der Waals surface area contributed by atoms with Crippen molar-refractivity contribution in [3.8, 4) is 0 Å². The van der Waals surface area contributed by atoms with Crippen molar-refractivity contribution in [3.05, 3.63) is 80.3 Å². The summed E-state index contributed by atoms with van der Waals surface area (Å²) in [5.74, 6) is -1.14. The fraction of sp³-hybridized carbons (Fsp3) is 0.484. The van der Waals surface area contributed by atoms with Crippen LogP contribution in [-0.2, 0) is 15.6 Å². The summed E-state index contributed by atoms with van der Waals surface area (Å²) in [7, 11) is -2.08. The van der Waals surface area contributed by atoms with Gasteiger partial charge in [0, 0.05) is 18.0 Å². The molecule has 1 heterocycles. The standard InChI is InChI=1S/C31H41ClFNO4Si/c1-10-37-29(36)23-18-34(26(30(2,3)4)19-38-39(8,9)31(5,6)7)25-15-14-20(17-22(25)28(23)35)16-21-12-11-13-24(32)27(21)33/h11-15,17-18,26H,10,16,19H2,1-9H3. The van der Waals surface area contributed by atoms with Crippen molar-refractivity contribution in [1.82, 2.24) is 4.57 Å². The third-order valence-corrected chi connectivity index (χ3v) is 12.6. The summed E-state index contributed by atoms with van der Waals surface area (Å²) in [6.07, 6.45) is 1.87. The van der Waals surface area contributed by atoms with E-state index in [1.165, 1.54) is 6.07 Å². The molecule has 5 nitrogen and oxygen atoms in total. The van der Waals surface area contributed by atoms with Crippen molar-refractivity contribution in [1.29, 1.82) is 0 Å². The van der Waals surface area contributed by atoms with Crippen molar-refractivity contribution in [2.24, 2.45) is 5.41 Å². The molecule has 0 amide bonds. The van der Waals surface area contributed by atoms with Crippen LogP contribution in [0.4, 0.5) is 4.39 Å². The number of rotatable bonds is 8. The first-order chi connectivity index (χ1) is 18.0. The van der Waals surface area contributed by atoms with E-state index in [2.05, 4.69) is 54.6 Å². The first-order valence-electron chi connectivity index (χ1n) is 13.4. The van der Waals surface area contributed by atoms with E-state index in [0.29, 0.717) is 23.1 Å². The normalized spacial score (nSPS) is 13.5. The van der Waals surface area contributed by atoms with E-state index >= 15 is 0 Å². The highest BCUT2D eigenvalue weighted by Gasteiger charge is 2.39. The highest BCUT2D eigenvalue weighted by Crippen LogP contribution is 2.40. The van der Waals surface area contributed by atoms with Gasteiger partial charge in [0.25, 0.3) is 0 Å². The minimum absolute atomic E-state index is 0.0294. The lowest BCUT2D eigenvalue weighted by molar-refractivity contribution is 0.0522. The van der Waals surface area contributed by atoms with E-state index < -0.39 is 25.5 Å². The Morgan fingerprint density at radius 1 is 1.10 bits per heavy atom.